The Labute approximate surface area is 94.6 Å². The van der Waals surface area contributed by atoms with Gasteiger partial charge in [0.05, 0.1) is 19.3 Å². The summed E-state index contributed by atoms with van der Waals surface area (Å²) in [5, 5.41) is 5.53. The molecule has 0 radical (unpaired) electrons. The molecular weight excluding hydrogens is 208 g/mol. The second-order valence-electron chi connectivity index (χ2n) is 4.25. The molecule has 15 heavy (non-hydrogen) atoms. The van der Waals surface area contributed by atoms with E-state index in [0.717, 1.165) is 13.2 Å². The molecule has 1 aromatic rings. The number of thiophene rings is 1. The molecule has 3 N–H and O–H groups in total. The number of hydrogen-bond donors (Lipinski definition) is 2. The molecule has 0 saturated carbocycles. The van der Waals surface area contributed by atoms with Crippen LogP contribution in [0.5, 0.6) is 0 Å². The fraction of sp³-hybridized carbons (Fsp3) is 0.636. The van der Waals surface area contributed by atoms with E-state index in [-0.39, 0.29) is 5.41 Å². The van der Waals surface area contributed by atoms with Gasteiger partial charge in [0, 0.05) is 16.8 Å². The smallest absolute Gasteiger partial charge is 0.0575 e. The molecule has 0 spiro atoms. The monoisotopic (exact) mass is 226 g/mol. The van der Waals surface area contributed by atoms with Crippen LogP contribution in [0.2, 0.25) is 0 Å². The summed E-state index contributed by atoms with van der Waals surface area (Å²) < 4.78 is 5.33. The summed E-state index contributed by atoms with van der Waals surface area (Å²) in [5.41, 5.74) is 7.33. The van der Waals surface area contributed by atoms with Crippen molar-refractivity contribution in [2.75, 3.05) is 26.8 Å². The van der Waals surface area contributed by atoms with E-state index in [1.165, 1.54) is 10.4 Å². The van der Waals surface area contributed by atoms with Gasteiger partial charge in [0.25, 0.3) is 0 Å². The lowest BCUT2D eigenvalue weighted by atomic mass is 9.77. The van der Waals surface area contributed by atoms with Crippen LogP contribution in [0, 0.1) is 12.3 Å². The highest BCUT2D eigenvalue weighted by molar-refractivity contribution is 7.10. The number of nitrogens with one attached hydrogen (secondary N) is 1. The van der Waals surface area contributed by atoms with Gasteiger partial charge in [-0.1, -0.05) is 0 Å². The lowest BCUT2D eigenvalue weighted by Crippen LogP contribution is -2.55. The van der Waals surface area contributed by atoms with Gasteiger partial charge in [0.1, 0.15) is 0 Å². The average molecular weight is 226 g/mol. The van der Waals surface area contributed by atoms with Gasteiger partial charge in [0.2, 0.25) is 0 Å². The van der Waals surface area contributed by atoms with Crippen LogP contribution >= 0.6 is 11.3 Å². The van der Waals surface area contributed by atoms with E-state index >= 15 is 0 Å². The van der Waals surface area contributed by atoms with Crippen molar-refractivity contribution in [3.05, 3.63) is 21.9 Å². The maximum atomic E-state index is 5.89. The molecule has 0 aromatic carbocycles. The van der Waals surface area contributed by atoms with E-state index in [2.05, 4.69) is 23.7 Å². The van der Waals surface area contributed by atoms with Crippen LogP contribution in [0.1, 0.15) is 16.5 Å². The lowest BCUT2D eigenvalue weighted by molar-refractivity contribution is -0.126. The Bertz CT molecular complexity index is 328. The summed E-state index contributed by atoms with van der Waals surface area (Å²) in [4.78, 5) is 1.39. The molecule has 1 fully saturated rings. The van der Waals surface area contributed by atoms with E-state index in [1.54, 1.807) is 11.3 Å². The molecule has 3 nitrogen and oxygen atoms in total. The SMILES string of the molecule is CNC(c1sccc1C)C1(CN)COC1. The Kier molecular flexibility index (Phi) is 3.11. The minimum Gasteiger partial charge on any atom is -0.380 e. The van der Waals surface area contributed by atoms with Crippen LogP contribution in [0.3, 0.4) is 0 Å². The highest BCUT2D eigenvalue weighted by atomic mass is 32.1. The molecule has 0 bridgehead atoms. The Morgan fingerprint density at radius 3 is 2.73 bits per heavy atom. The van der Waals surface area contributed by atoms with Crippen LogP contribution in [-0.4, -0.2) is 26.8 Å². The van der Waals surface area contributed by atoms with E-state index in [9.17, 15) is 0 Å². The third-order valence-electron chi connectivity index (χ3n) is 3.25. The van der Waals surface area contributed by atoms with Gasteiger partial charge in [-0.05, 0) is 31.0 Å². The highest BCUT2D eigenvalue weighted by Gasteiger charge is 2.45. The van der Waals surface area contributed by atoms with Gasteiger partial charge < -0.3 is 15.8 Å². The summed E-state index contributed by atoms with van der Waals surface area (Å²) in [6, 6.07) is 2.49. The molecule has 1 saturated heterocycles. The van der Waals surface area contributed by atoms with Crippen molar-refractivity contribution in [3.8, 4) is 0 Å². The van der Waals surface area contributed by atoms with Gasteiger partial charge in [-0.15, -0.1) is 11.3 Å². The van der Waals surface area contributed by atoms with Crippen LogP contribution in [0.4, 0.5) is 0 Å². The van der Waals surface area contributed by atoms with Gasteiger partial charge in [-0.2, -0.15) is 0 Å². The van der Waals surface area contributed by atoms with Crippen LogP contribution in [0.15, 0.2) is 11.4 Å². The van der Waals surface area contributed by atoms with Crippen molar-refractivity contribution in [2.24, 2.45) is 11.1 Å². The van der Waals surface area contributed by atoms with Crippen molar-refractivity contribution < 1.29 is 4.74 Å². The molecule has 1 atom stereocenters. The molecule has 0 aliphatic carbocycles. The van der Waals surface area contributed by atoms with E-state index in [1.807, 2.05) is 7.05 Å². The van der Waals surface area contributed by atoms with Gasteiger partial charge in [0.15, 0.2) is 0 Å². The number of aryl methyl sites for hydroxylation is 1. The quantitative estimate of drug-likeness (QED) is 0.813. The van der Waals surface area contributed by atoms with Gasteiger partial charge in [-0.3, -0.25) is 0 Å². The molecule has 2 rings (SSSR count). The van der Waals surface area contributed by atoms with Crippen LogP contribution in [-0.2, 0) is 4.74 Å². The fourth-order valence-corrected chi connectivity index (χ4v) is 3.34. The van der Waals surface area contributed by atoms with Crippen molar-refractivity contribution in [1.82, 2.24) is 5.32 Å². The molecule has 2 heterocycles. The zero-order valence-electron chi connectivity index (χ0n) is 9.25. The lowest BCUT2D eigenvalue weighted by Gasteiger charge is -2.46. The zero-order chi connectivity index (χ0) is 10.9. The summed E-state index contributed by atoms with van der Waals surface area (Å²) in [7, 11) is 2.00. The highest BCUT2D eigenvalue weighted by Crippen LogP contribution is 2.42. The van der Waals surface area contributed by atoms with Gasteiger partial charge in [-0.25, -0.2) is 0 Å². The van der Waals surface area contributed by atoms with Crippen LogP contribution in [0.25, 0.3) is 0 Å². The Balaban J connectivity index is 2.27. The first-order valence-corrected chi connectivity index (χ1v) is 6.10. The Morgan fingerprint density at radius 1 is 1.67 bits per heavy atom. The molecule has 1 aliphatic heterocycles. The maximum Gasteiger partial charge on any atom is 0.0575 e. The molecule has 1 aromatic heterocycles. The largest absolute Gasteiger partial charge is 0.380 e. The predicted octanol–water partition coefficient (Wildman–Crippen LogP) is 1.29. The second kappa shape index (κ2) is 4.22. The first-order chi connectivity index (χ1) is 7.23. The Morgan fingerprint density at radius 2 is 2.40 bits per heavy atom. The van der Waals surface area contributed by atoms with E-state index < -0.39 is 0 Å². The summed E-state index contributed by atoms with van der Waals surface area (Å²) >= 11 is 1.80. The third kappa shape index (κ3) is 1.72. The molecular formula is C11H18N2OS. The van der Waals surface area contributed by atoms with E-state index in [0.29, 0.717) is 12.6 Å². The summed E-state index contributed by atoms with van der Waals surface area (Å²) in [6.07, 6.45) is 0. The topological polar surface area (TPSA) is 47.3 Å². The van der Waals surface area contributed by atoms with E-state index in [4.69, 9.17) is 10.5 Å². The predicted molar refractivity (Wildman–Crippen MR) is 63.2 cm³/mol. The minimum absolute atomic E-state index is 0.102. The summed E-state index contributed by atoms with van der Waals surface area (Å²) in [5.74, 6) is 0. The molecule has 1 aliphatic rings. The number of nitrogens with two attached hydrogens (primary N) is 1. The number of ether oxygens (including phenoxy) is 1. The number of hydrogen-bond acceptors (Lipinski definition) is 4. The van der Waals surface area contributed by atoms with Crippen LogP contribution < -0.4 is 11.1 Å². The van der Waals surface area contributed by atoms with Crippen molar-refractivity contribution in [1.29, 1.82) is 0 Å². The summed E-state index contributed by atoms with van der Waals surface area (Å²) in [6.45, 7) is 4.37. The number of rotatable bonds is 4. The van der Waals surface area contributed by atoms with Crippen molar-refractivity contribution >= 4 is 11.3 Å². The molecule has 0 amide bonds. The first-order valence-electron chi connectivity index (χ1n) is 5.22. The Hall–Kier alpha value is -0.420. The fourth-order valence-electron chi connectivity index (χ4n) is 2.16. The van der Waals surface area contributed by atoms with Crippen molar-refractivity contribution in [3.63, 3.8) is 0 Å². The molecule has 4 heteroatoms. The maximum absolute atomic E-state index is 5.89. The molecule has 84 valence electrons. The first kappa shape index (κ1) is 11.1. The average Bonchev–Trinajstić information content (AvgIpc) is 2.58. The van der Waals surface area contributed by atoms with Crippen molar-refractivity contribution in [2.45, 2.75) is 13.0 Å². The third-order valence-corrected chi connectivity index (χ3v) is 4.33. The minimum atomic E-state index is 0.102. The molecule has 1 unspecified atom stereocenters. The normalized spacial score (nSPS) is 21.0. The zero-order valence-corrected chi connectivity index (χ0v) is 10.1. The standard InChI is InChI=1S/C11H18N2OS/c1-8-3-4-15-9(8)10(13-2)11(5-12)6-14-7-11/h3-4,10,13H,5-7,12H2,1-2H3. The second-order valence-corrected chi connectivity index (χ2v) is 5.20. The van der Waals surface area contributed by atoms with Gasteiger partial charge >= 0.3 is 0 Å².